The van der Waals surface area contributed by atoms with Gasteiger partial charge in [-0.15, -0.1) is 11.3 Å². The number of nitrogens with zero attached hydrogens (tertiary/aromatic N) is 3. The van der Waals surface area contributed by atoms with E-state index in [4.69, 9.17) is 0 Å². The van der Waals surface area contributed by atoms with E-state index in [0.29, 0.717) is 36.4 Å². The van der Waals surface area contributed by atoms with E-state index >= 15 is 0 Å². The number of nitrogens with one attached hydrogen (secondary N) is 1. The summed E-state index contributed by atoms with van der Waals surface area (Å²) in [5.74, 6) is 0.482. The van der Waals surface area contributed by atoms with E-state index in [-0.39, 0.29) is 11.9 Å². The first-order valence-corrected chi connectivity index (χ1v) is 9.43. The summed E-state index contributed by atoms with van der Waals surface area (Å²) in [4.78, 5) is 32.6. The van der Waals surface area contributed by atoms with Gasteiger partial charge in [-0.25, -0.2) is 9.78 Å². The molecule has 0 spiro atoms. The predicted octanol–water partition coefficient (Wildman–Crippen LogP) is 2.73. The van der Waals surface area contributed by atoms with Gasteiger partial charge in [0, 0.05) is 31.6 Å². The number of hydrogen-bond donors (Lipinski definition) is 1. The van der Waals surface area contributed by atoms with Crippen molar-refractivity contribution in [2.45, 2.75) is 19.4 Å². The van der Waals surface area contributed by atoms with Gasteiger partial charge in [-0.2, -0.15) is 0 Å². The third kappa shape index (κ3) is 3.66. The van der Waals surface area contributed by atoms with Crippen LogP contribution in [0.2, 0.25) is 0 Å². The van der Waals surface area contributed by atoms with Gasteiger partial charge in [0.1, 0.15) is 5.69 Å². The maximum Gasteiger partial charge on any atom is 0.326 e. The first-order chi connectivity index (χ1) is 12.2. The molecule has 1 aliphatic heterocycles. The molecule has 25 heavy (non-hydrogen) atoms. The lowest BCUT2D eigenvalue weighted by atomic mass is 10.2. The highest BCUT2D eigenvalue weighted by Gasteiger charge is 2.32. The van der Waals surface area contributed by atoms with Gasteiger partial charge in [0.25, 0.3) is 5.91 Å². The Labute approximate surface area is 150 Å². The normalized spacial score (nSPS) is 17.2. The minimum absolute atomic E-state index is 0.0526. The van der Waals surface area contributed by atoms with Crippen LogP contribution in [0, 0.1) is 5.92 Å². The molecule has 1 aromatic carbocycles. The Balaban J connectivity index is 1.38. The van der Waals surface area contributed by atoms with Crippen LogP contribution in [0.5, 0.6) is 0 Å². The molecule has 3 amide bonds. The summed E-state index contributed by atoms with van der Waals surface area (Å²) in [5, 5.41) is 5.23. The fourth-order valence-corrected chi connectivity index (χ4v) is 3.68. The van der Waals surface area contributed by atoms with Crippen LogP contribution in [-0.4, -0.2) is 41.5 Å². The highest BCUT2D eigenvalue weighted by molar-refractivity contribution is 7.14. The van der Waals surface area contributed by atoms with Crippen LogP contribution >= 0.6 is 11.3 Å². The average Bonchev–Trinajstić information content (AvgIpc) is 3.22. The lowest BCUT2D eigenvalue weighted by Gasteiger charge is -2.16. The molecule has 1 N–H and O–H groups in total. The number of rotatable bonds is 6. The summed E-state index contributed by atoms with van der Waals surface area (Å²) in [6.45, 7) is 2.58. The fourth-order valence-electron chi connectivity index (χ4n) is 2.85. The quantitative estimate of drug-likeness (QED) is 0.865. The van der Waals surface area contributed by atoms with Gasteiger partial charge >= 0.3 is 6.03 Å². The lowest BCUT2D eigenvalue weighted by molar-refractivity contribution is 0.0947. The number of amides is 3. The Morgan fingerprint density at radius 2 is 2.04 bits per heavy atom. The van der Waals surface area contributed by atoms with Gasteiger partial charge in [-0.1, -0.05) is 30.3 Å². The van der Waals surface area contributed by atoms with Gasteiger partial charge in [-0.05, 0) is 24.3 Å². The zero-order valence-electron chi connectivity index (χ0n) is 13.9. The molecule has 2 aromatic rings. The summed E-state index contributed by atoms with van der Waals surface area (Å²) in [5.41, 5.74) is 1.51. The van der Waals surface area contributed by atoms with E-state index in [0.717, 1.165) is 12.1 Å². The average molecular weight is 356 g/mol. The first kappa shape index (κ1) is 16.1. The van der Waals surface area contributed by atoms with Crippen LogP contribution < -0.4 is 10.2 Å². The standard InChI is InChI=1S/C18H20N4O2S/c23-16(19-10-13-6-7-13)15-12-25-17(20-15)22-9-8-21(18(22)24)11-14-4-2-1-3-5-14/h1-5,12-13H,6-11H2,(H,19,23). The molecule has 1 saturated carbocycles. The third-order valence-electron chi connectivity index (χ3n) is 4.52. The monoisotopic (exact) mass is 356 g/mol. The van der Waals surface area contributed by atoms with Crippen LogP contribution in [0.15, 0.2) is 35.7 Å². The molecule has 1 aromatic heterocycles. The van der Waals surface area contributed by atoms with Crippen LogP contribution in [0.3, 0.4) is 0 Å². The number of aromatic nitrogens is 1. The summed E-state index contributed by atoms with van der Waals surface area (Å²) < 4.78 is 0. The molecule has 1 aliphatic carbocycles. The molecule has 2 aliphatic rings. The number of thiazole rings is 1. The molecule has 1 saturated heterocycles. The minimum Gasteiger partial charge on any atom is -0.350 e. The summed E-state index contributed by atoms with van der Waals surface area (Å²) >= 11 is 1.34. The summed E-state index contributed by atoms with van der Waals surface area (Å²) in [6, 6.07) is 9.89. The van der Waals surface area contributed by atoms with Gasteiger partial charge < -0.3 is 10.2 Å². The van der Waals surface area contributed by atoms with Gasteiger partial charge in [0.2, 0.25) is 0 Å². The second kappa shape index (κ2) is 6.84. The number of hydrogen-bond acceptors (Lipinski definition) is 4. The van der Waals surface area contributed by atoms with Crippen molar-refractivity contribution in [2.24, 2.45) is 5.92 Å². The Morgan fingerprint density at radius 3 is 2.80 bits per heavy atom. The molecule has 4 rings (SSSR count). The summed E-state index contributed by atoms with van der Waals surface area (Å²) in [6.07, 6.45) is 2.39. The second-order valence-corrected chi connectivity index (χ2v) is 7.35. The minimum atomic E-state index is -0.151. The number of urea groups is 1. The van der Waals surface area contributed by atoms with Crippen molar-refractivity contribution in [3.8, 4) is 0 Å². The molecule has 2 fully saturated rings. The van der Waals surface area contributed by atoms with Crippen molar-refractivity contribution in [2.75, 3.05) is 24.5 Å². The lowest BCUT2D eigenvalue weighted by Crippen LogP contribution is -2.31. The number of carbonyl (C=O) groups is 2. The number of benzene rings is 1. The maximum atomic E-state index is 12.6. The van der Waals surface area contributed by atoms with Crippen molar-refractivity contribution in [1.82, 2.24) is 15.2 Å². The molecule has 0 bridgehead atoms. The van der Waals surface area contributed by atoms with Crippen molar-refractivity contribution < 1.29 is 9.59 Å². The molecular weight excluding hydrogens is 336 g/mol. The van der Waals surface area contributed by atoms with Gasteiger partial charge in [0.05, 0.1) is 0 Å². The fraction of sp³-hybridized carbons (Fsp3) is 0.389. The van der Waals surface area contributed by atoms with Crippen molar-refractivity contribution >= 4 is 28.4 Å². The number of carbonyl (C=O) groups excluding carboxylic acids is 2. The summed E-state index contributed by atoms with van der Waals surface area (Å²) in [7, 11) is 0. The van der Waals surface area contributed by atoms with E-state index in [9.17, 15) is 9.59 Å². The SMILES string of the molecule is O=C(NCC1CC1)c1csc(N2CCN(Cc3ccccc3)C2=O)n1. The largest absolute Gasteiger partial charge is 0.350 e. The first-order valence-electron chi connectivity index (χ1n) is 8.55. The van der Waals surface area contributed by atoms with Crippen LogP contribution in [0.1, 0.15) is 28.9 Å². The van der Waals surface area contributed by atoms with Crippen molar-refractivity contribution in [3.63, 3.8) is 0 Å². The predicted molar refractivity (Wildman–Crippen MR) is 96.8 cm³/mol. The molecule has 0 unspecified atom stereocenters. The second-order valence-electron chi connectivity index (χ2n) is 6.51. The Kier molecular flexibility index (Phi) is 4.40. The topological polar surface area (TPSA) is 65.5 Å². The Hall–Kier alpha value is -2.41. The van der Waals surface area contributed by atoms with E-state index in [1.165, 1.54) is 24.2 Å². The molecule has 130 valence electrons. The molecule has 0 radical (unpaired) electrons. The highest BCUT2D eigenvalue weighted by atomic mass is 32.1. The van der Waals surface area contributed by atoms with Crippen LogP contribution in [-0.2, 0) is 6.54 Å². The van der Waals surface area contributed by atoms with Crippen LogP contribution in [0.25, 0.3) is 0 Å². The van der Waals surface area contributed by atoms with E-state index in [1.807, 2.05) is 35.2 Å². The van der Waals surface area contributed by atoms with Crippen molar-refractivity contribution in [1.29, 1.82) is 0 Å². The van der Waals surface area contributed by atoms with E-state index < -0.39 is 0 Å². The zero-order chi connectivity index (χ0) is 17.2. The number of anilines is 1. The van der Waals surface area contributed by atoms with Gasteiger partial charge in [0.15, 0.2) is 5.13 Å². The zero-order valence-corrected chi connectivity index (χ0v) is 14.7. The molecular formula is C18H20N4O2S. The highest BCUT2D eigenvalue weighted by Crippen LogP contribution is 2.28. The Morgan fingerprint density at radius 1 is 1.24 bits per heavy atom. The van der Waals surface area contributed by atoms with E-state index in [1.54, 1.807) is 10.3 Å². The Bertz CT molecular complexity index is 772. The van der Waals surface area contributed by atoms with Crippen LogP contribution in [0.4, 0.5) is 9.93 Å². The molecule has 2 heterocycles. The third-order valence-corrected chi connectivity index (χ3v) is 5.38. The van der Waals surface area contributed by atoms with Gasteiger partial charge in [-0.3, -0.25) is 9.69 Å². The smallest absolute Gasteiger partial charge is 0.326 e. The maximum absolute atomic E-state index is 12.6. The van der Waals surface area contributed by atoms with E-state index in [2.05, 4.69) is 10.3 Å². The molecule has 6 nitrogen and oxygen atoms in total. The van der Waals surface area contributed by atoms with Crippen molar-refractivity contribution in [3.05, 3.63) is 47.0 Å². The molecule has 0 atom stereocenters. The molecule has 7 heteroatoms.